The third-order valence-electron chi connectivity index (χ3n) is 3.61. The van der Waals surface area contributed by atoms with Gasteiger partial charge in [-0.3, -0.25) is 9.59 Å². The van der Waals surface area contributed by atoms with E-state index < -0.39 is 6.10 Å². The fourth-order valence-electron chi connectivity index (χ4n) is 2.57. The molecule has 0 aromatic carbocycles. The molecule has 6 nitrogen and oxygen atoms in total. The Bertz CT molecular complexity index is 721. The van der Waals surface area contributed by atoms with Crippen molar-refractivity contribution >= 4 is 27.5 Å². The molecular formula is C13H15N3O3S. The van der Waals surface area contributed by atoms with Crippen LogP contribution in [0, 0.1) is 6.92 Å². The number of aliphatic hydroxyl groups is 1. The molecule has 3 rings (SSSR count). The molecule has 0 saturated carbocycles. The quantitative estimate of drug-likeness (QED) is 0.817. The highest BCUT2D eigenvalue weighted by molar-refractivity contribution is 7.20. The number of aliphatic hydroxyl groups excluding tert-OH is 1. The molecule has 1 fully saturated rings. The van der Waals surface area contributed by atoms with Crippen molar-refractivity contribution in [3.63, 3.8) is 0 Å². The van der Waals surface area contributed by atoms with Crippen LogP contribution in [0.15, 0.2) is 11.1 Å². The van der Waals surface area contributed by atoms with Crippen LogP contribution in [0.3, 0.4) is 0 Å². The Morgan fingerprint density at radius 2 is 2.40 bits per heavy atom. The molecule has 7 heteroatoms. The Balaban J connectivity index is 2.02. The van der Waals surface area contributed by atoms with Gasteiger partial charge in [0, 0.05) is 13.1 Å². The zero-order valence-electron chi connectivity index (χ0n) is 11.0. The maximum absolute atomic E-state index is 12.5. The van der Waals surface area contributed by atoms with Gasteiger partial charge in [0.25, 0.3) is 11.5 Å². The second kappa shape index (κ2) is 4.99. The molecule has 1 aliphatic heterocycles. The molecule has 1 aliphatic rings. The van der Waals surface area contributed by atoms with Gasteiger partial charge < -0.3 is 15.0 Å². The van der Waals surface area contributed by atoms with Gasteiger partial charge in [0.15, 0.2) is 0 Å². The summed E-state index contributed by atoms with van der Waals surface area (Å²) >= 11 is 1.24. The Kier molecular flexibility index (Phi) is 3.31. The monoisotopic (exact) mass is 293 g/mol. The first kappa shape index (κ1) is 13.3. The molecule has 0 bridgehead atoms. The maximum Gasteiger partial charge on any atom is 0.264 e. The van der Waals surface area contributed by atoms with Crippen LogP contribution in [-0.2, 0) is 0 Å². The Labute approximate surface area is 119 Å². The molecule has 2 aromatic rings. The number of hydrogen-bond acceptors (Lipinski definition) is 5. The maximum atomic E-state index is 12.5. The summed E-state index contributed by atoms with van der Waals surface area (Å²) in [6.07, 6.45) is 2.43. The highest BCUT2D eigenvalue weighted by Gasteiger charge is 2.26. The van der Waals surface area contributed by atoms with E-state index in [4.69, 9.17) is 0 Å². The number of amides is 1. The van der Waals surface area contributed by atoms with Gasteiger partial charge in [-0.05, 0) is 25.3 Å². The third kappa shape index (κ3) is 2.12. The van der Waals surface area contributed by atoms with Crippen molar-refractivity contribution in [1.82, 2.24) is 14.9 Å². The molecule has 0 aliphatic carbocycles. The van der Waals surface area contributed by atoms with E-state index in [1.807, 2.05) is 0 Å². The van der Waals surface area contributed by atoms with E-state index in [-0.39, 0.29) is 11.5 Å². The number of nitrogens with zero attached hydrogens (tertiary/aromatic N) is 2. The summed E-state index contributed by atoms with van der Waals surface area (Å²) in [5.41, 5.74) is 0.450. The number of carbonyl (C=O) groups excluding carboxylic acids is 1. The second-order valence-corrected chi connectivity index (χ2v) is 6.01. The summed E-state index contributed by atoms with van der Waals surface area (Å²) in [5, 5.41) is 10.2. The summed E-state index contributed by atoms with van der Waals surface area (Å²) in [6.45, 7) is 2.77. The molecule has 1 amide bonds. The van der Waals surface area contributed by atoms with Crippen LogP contribution in [0.5, 0.6) is 0 Å². The lowest BCUT2D eigenvalue weighted by Gasteiger charge is -2.29. The van der Waals surface area contributed by atoms with Crippen LogP contribution < -0.4 is 5.56 Å². The lowest BCUT2D eigenvalue weighted by Crippen LogP contribution is -2.42. The lowest BCUT2D eigenvalue weighted by atomic mass is 10.1. The number of aryl methyl sites for hydroxylation is 1. The highest BCUT2D eigenvalue weighted by Crippen LogP contribution is 2.28. The zero-order chi connectivity index (χ0) is 14.3. The molecule has 1 atom stereocenters. The highest BCUT2D eigenvalue weighted by atomic mass is 32.1. The van der Waals surface area contributed by atoms with E-state index in [0.29, 0.717) is 33.7 Å². The van der Waals surface area contributed by atoms with Crippen LogP contribution in [0.2, 0.25) is 0 Å². The van der Waals surface area contributed by atoms with Crippen molar-refractivity contribution in [3.05, 3.63) is 27.1 Å². The number of rotatable bonds is 1. The summed E-state index contributed by atoms with van der Waals surface area (Å²) in [7, 11) is 0. The standard InChI is InChI=1S/C13H15N3O3S/c1-7-9-11(18)14-6-15-12(9)20-10(7)13(19)16-4-2-3-8(17)5-16/h6,8,17H,2-5H2,1H3,(H,14,15,18). The van der Waals surface area contributed by atoms with Crippen molar-refractivity contribution in [2.75, 3.05) is 13.1 Å². The number of likely N-dealkylation sites (tertiary alicyclic amines) is 1. The van der Waals surface area contributed by atoms with Crippen molar-refractivity contribution in [1.29, 1.82) is 0 Å². The molecular weight excluding hydrogens is 278 g/mol. The van der Waals surface area contributed by atoms with Gasteiger partial charge in [-0.2, -0.15) is 0 Å². The number of piperidine rings is 1. The third-order valence-corrected chi connectivity index (χ3v) is 4.80. The summed E-state index contributed by atoms with van der Waals surface area (Å²) in [4.78, 5) is 33.7. The van der Waals surface area contributed by atoms with Crippen LogP contribution in [0.1, 0.15) is 28.1 Å². The number of nitrogens with one attached hydrogen (secondary N) is 1. The van der Waals surface area contributed by atoms with Gasteiger partial charge in [0.1, 0.15) is 4.83 Å². The number of hydrogen-bond donors (Lipinski definition) is 2. The minimum absolute atomic E-state index is 0.122. The van der Waals surface area contributed by atoms with Gasteiger partial charge in [0.05, 0.1) is 22.7 Å². The van der Waals surface area contributed by atoms with Gasteiger partial charge >= 0.3 is 0 Å². The van der Waals surface area contributed by atoms with Gasteiger partial charge in [-0.25, -0.2) is 4.98 Å². The molecule has 20 heavy (non-hydrogen) atoms. The first-order chi connectivity index (χ1) is 9.58. The topological polar surface area (TPSA) is 86.3 Å². The largest absolute Gasteiger partial charge is 0.391 e. The number of aromatic amines is 1. The first-order valence-corrected chi connectivity index (χ1v) is 7.33. The Hall–Kier alpha value is -1.73. The first-order valence-electron chi connectivity index (χ1n) is 6.52. The van der Waals surface area contributed by atoms with E-state index in [9.17, 15) is 14.7 Å². The van der Waals surface area contributed by atoms with Crippen molar-refractivity contribution < 1.29 is 9.90 Å². The fraction of sp³-hybridized carbons (Fsp3) is 0.462. The van der Waals surface area contributed by atoms with Crippen LogP contribution in [0.25, 0.3) is 10.2 Å². The predicted octanol–water partition coefficient (Wildman–Crippen LogP) is 0.890. The smallest absolute Gasteiger partial charge is 0.264 e. The SMILES string of the molecule is Cc1c(C(=O)N2CCCC(O)C2)sc2nc[nH]c(=O)c12. The Morgan fingerprint density at radius 3 is 3.10 bits per heavy atom. The second-order valence-electron chi connectivity index (χ2n) is 5.02. The minimum Gasteiger partial charge on any atom is -0.391 e. The molecule has 2 N–H and O–H groups in total. The minimum atomic E-state index is -0.455. The van der Waals surface area contributed by atoms with Crippen LogP contribution in [0.4, 0.5) is 0 Å². The number of β-amino-alcohol motifs (C(OH)–C–C–N with tert-alkyl or cyclic N) is 1. The molecule has 1 unspecified atom stereocenters. The normalized spacial score (nSPS) is 19.5. The van der Waals surface area contributed by atoms with E-state index >= 15 is 0 Å². The molecule has 0 spiro atoms. The van der Waals surface area contributed by atoms with E-state index in [1.165, 1.54) is 17.7 Å². The van der Waals surface area contributed by atoms with Crippen LogP contribution >= 0.6 is 11.3 Å². The van der Waals surface area contributed by atoms with E-state index in [1.54, 1.807) is 11.8 Å². The number of carbonyl (C=O) groups is 1. The van der Waals surface area contributed by atoms with E-state index in [2.05, 4.69) is 9.97 Å². The van der Waals surface area contributed by atoms with Gasteiger partial charge in [0.2, 0.25) is 0 Å². The lowest BCUT2D eigenvalue weighted by molar-refractivity contribution is 0.0477. The number of H-pyrrole nitrogens is 1. The van der Waals surface area contributed by atoms with Gasteiger partial charge in [-0.1, -0.05) is 0 Å². The van der Waals surface area contributed by atoms with Crippen molar-refractivity contribution in [2.24, 2.45) is 0 Å². The summed E-state index contributed by atoms with van der Waals surface area (Å²) < 4.78 is 0. The predicted molar refractivity (Wildman–Crippen MR) is 76.1 cm³/mol. The molecule has 2 aromatic heterocycles. The number of aromatic nitrogens is 2. The molecule has 106 valence electrons. The van der Waals surface area contributed by atoms with Crippen LogP contribution in [-0.4, -0.2) is 45.1 Å². The van der Waals surface area contributed by atoms with Gasteiger partial charge in [-0.15, -0.1) is 11.3 Å². The number of thiophene rings is 1. The molecule has 0 radical (unpaired) electrons. The molecule has 3 heterocycles. The average Bonchev–Trinajstić information content (AvgIpc) is 2.76. The molecule has 1 saturated heterocycles. The Morgan fingerprint density at radius 1 is 1.60 bits per heavy atom. The summed E-state index contributed by atoms with van der Waals surface area (Å²) in [5.74, 6) is -0.122. The average molecular weight is 293 g/mol. The number of fused-ring (bicyclic) bond motifs is 1. The fourth-order valence-corrected chi connectivity index (χ4v) is 3.68. The zero-order valence-corrected chi connectivity index (χ0v) is 11.9. The van der Waals surface area contributed by atoms with Crippen molar-refractivity contribution in [2.45, 2.75) is 25.9 Å². The van der Waals surface area contributed by atoms with Crippen molar-refractivity contribution in [3.8, 4) is 0 Å². The summed E-state index contributed by atoms with van der Waals surface area (Å²) in [6, 6.07) is 0. The van der Waals surface area contributed by atoms with E-state index in [0.717, 1.165) is 12.8 Å².